The maximum absolute atomic E-state index is 5.88. The van der Waals surface area contributed by atoms with Crippen LogP contribution in [0, 0.1) is 0 Å². The van der Waals surface area contributed by atoms with Crippen LogP contribution in [0.3, 0.4) is 0 Å². The molecule has 2 saturated heterocycles. The highest BCUT2D eigenvalue weighted by atomic mass is 16.7. The van der Waals surface area contributed by atoms with Crippen LogP contribution in [-0.2, 0) is 9.47 Å². The van der Waals surface area contributed by atoms with Crippen LogP contribution in [0.4, 0.5) is 0 Å². The van der Waals surface area contributed by atoms with Crippen molar-refractivity contribution in [3.63, 3.8) is 0 Å². The van der Waals surface area contributed by atoms with Gasteiger partial charge in [-0.25, -0.2) is 0 Å². The number of ether oxygens (including phenoxy) is 2. The first kappa shape index (κ1) is 10.4. The molecule has 4 nitrogen and oxygen atoms in total. The molecular formula is C10H20N2O2. The van der Waals surface area contributed by atoms with Crippen molar-refractivity contribution in [1.82, 2.24) is 4.90 Å². The molecule has 0 radical (unpaired) electrons. The minimum atomic E-state index is -0.323. The summed E-state index contributed by atoms with van der Waals surface area (Å²) in [5.41, 5.74) is 5.57. The van der Waals surface area contributed by atoms with Crippen molar-refractivity contribution < 1.29 is 9.47 Å². The van der Waals surface area contributed by atoms with Gasteiger partial charge in [-0.1, -0.05) is 0 Å². The van der Waals surface area contributed by atoms with Gasteiger partial charge in [0.25, 0.3) is 0 Å². The summed E-state index contributed by atoms with van der Waals surface area (Å²) < 4.78 is 11.7. The quantitative estimate of drug-likeness (QED) is 0.655. The maximum Gasteiger partial charge on any atom is 0.171 e. The average molecular weight is 200 g/mol. The number of hydrogen-bond acceptors (Lipinski definition) is 4. The normalized spacial score (nSPS) is 44.8. The molecule has 2 heterocycles. The Morgan fingerprint density at radius 1 is 1.57 bits per heavy atom. The number of rotatable bonds is 1. The van der Waals surface area contributed by atoms with Crippen molar-refractivity contribution >= 4 is 0 Å². The molecule has 3 unspecified atom stereocenters. The lowest BCUT2D eigenvalue weighted by molar-refractivity contribution is -0.201. The van der Waals surface area contributed by atoms with Gasteiger partial charge in [-0.3, -0.25) is 0 Å². The summed E-state index contributed by atoms with van der Waals surface area (Å²) in [6, 6.07) is 0.528. The van der Waals surface area contributed by atoms with Gasteiger partial charge in [0.2, 0.25) is 0 Å². The van der Waals surface area contributed by atoms with Gasteiger partial charge in [-0.05, 0) is 14.0 Å². The Hall–Kier alpha value is -0.160. The molecule has 2 N–H and O–H groups in total. The average Bonchev–Trinajstić information content (AvgIpc) is 2.56. The lowest BCUT2D eigenvalue weighted by atomic mass is 9.98. The number of likely N-dealkylation sites (tertiary alicyclic amines) is 1. The Morgan fingerprint density at radius 2 is 2.36 bits per heavy atom. The first-order chi connectivity index (χ1) is 6.65. The second-order valence-corrected chi connectivity index (χ2v) is 4.48. The lowest BCUT2D eigenvalue weighted by Crippen LogP contribution is -2.48. The molecule has 4 heteroatoms. The predicted molar refractivity (Wildman–Crippen MR) is 53.9 cm³/mol. The smallest absolute Gasteiger partial charge is 0.171 e. The van der Waals surface area contributed by atoms with E-state index < -0.39 is 0 Å². The molecule has 2 fully saturated rings. The number of nitrogens with two attached hydrogens (primary N) is 1. The summed E-state index contributed by atoms with van der Waals surface area (Å²) in [6.07, 6.45) is 2.02. The van der Waals surface area contributed by atoms with Crippen LogP contribution in [0.15, 0.2) is 0 Å². The Balaban J connectivity index is 1.98. The zero-order chi connectivity index (χ0) is 10.2. The van der Waals surface area contributed by atoms with E-state index in [0.29, 0.717) is 19.2 Å². The van der Waals surface area contributed by atoms with Crippen LogP contribution in [-0.4, -0.2) is 49.6 Å². The minimum absolute atomic E-state index is 0.102. The van der Waals surface area contributed by atoms with Gasteiger partial charge in [0.15, 0.2) is 5.79 Å². The SMILES string of the molecule is CC1CC2(CCN1C)OCC(CN)O2. The fourth-order valence-electron chi connectivity index (χ4n) is 2.25. The standard InChI is InChI=1S/C10H20N2O2/c1-8-5-10(3-4-12(8)2)13-7-9(6-11)14-10/h8-9H,3-7,11H2,1-2H3. The lowest BCUT2D eigenvalue weighted by Gasteiger charge is -2.40. The van der Waals surface area contributed by atoms with Crippen molar-refractivity contribution in [2.45, 2.75) is 37.7 Å². The van der Waals surface area contributed by atoms with Crippen LogP contribution in [0.5, 0.6) is 0 Å². The molecule has 0 bridgehead atoms. The number of hydrogen-bond donors (Lipinski definition) is 1. The van der Waals surface area contributed by atoms with E-state index in [0.717, 1.165) is 19.4 Å². The molecule has 1 spiro atoms. The highest BCUT2D eigenvalue weighted by Crippen LogP contribution is 2.35. The molecule has 0 amide bonds. The summed E-state index contributed by atoms with van der Waals surface area (Å²) in [7, 11) is 2.15. The fourth-order valence-corrected chi connectivity index (χ4v) is 2.25. The van der Waals surface area contributed by atoms with Gasteiger partial charge in [0.1, 0.15) is 0 Å². The molecule has 2 rings (SSSR count). The number of piperidine rings is 1. The van der Waals surface area contributed by atoms with Crippen LogP contribution < -0.4 is 5.73 Å². The van der Waals surface area contributed by atoms with E-state index in [2.05, 4.69) is 18.9 Å². The van der Waals surface area contributed by atoms with Crippen molar-refractivity contribution in [2.24, 2.45) is 5.73 Å². The first-order valence-corrected chi connectivity index (χ1v) is 5.37. The molecule has 2 aliphatic heterocycles. The van der Waals surface area contributed by atoms with Gasteiger partial charge < -0.3 is 20.1 Å². The molecule has 82 valence electrons. The van der Waals surface area contributed by atoms with E-state index >= 15 is 0 Å². The van der Waals surface area contributed by atoms with E-state index in [9.17, 15) is 0 Å². The Kier molecular flexibility index (Phi) is 2.79. The largest absolute Gasteiger partial charge is 0.347 e. The van der Waals surface area contributed by atoms with E-state index in [1.165, 1.54) is 0 Å². The molecule has 0 aliphatic carbocycles. The highest BCUT2D eigenvalue weighted by molar-refractivity contribution is 4.88. The summed E-state index contributed by atoms with van der Waals surface area (Å²) in [5, 5.41) is 0. The van der Waals surface area contributed by atoms with Crippen LogP contribution >= 0.6 is 0 Å². The van der Waals surface area contributed by atoms with Gasteiger partial charge in [0.05, 0.1) is 12.7 Å². The monoisotopic (exact) mass is 200 g/mol. The zero-order valence-electron chi connectivity index (χ0n) is 9.03. The van der Waals surface area contributed by atoms with Crippen LogP contribution in [0.1, 0.15) is 19.8 Å². The molecular weight excluding hydrogens is 180 g/mol. The second-order valence-electron chi connectivity index (χ2n) is 4.48. The second kappa shape index (κ2) is 3.77. The Morgan fingerprint density at radius 3 is 2.93 bits per heavy atom. The molecule has 0 saturated carbocycles. The Labute approximate surface area is 85.3 Å². The summed E-state index contributed by atoms with van der Waals surface area (Å²) in [4.78, 5) is 2.34. The van der Waals surface area contributed by atoms with E-state index in [4.69, 9.17) is 15.2 Å². The third-order valence-electron chi connectivity index (χ3n) is 3.38. The summed E-state index contributed by atoms with van der Waals surface area (Å²) >= 11 is 0. The van der Waals surface area contributed by atoms with Crippen molar-refractivity contribution in [2.75, 3.05) is 26.7 Å². The van der Waals surface area contributed by atoms with E-state index in [1.807, 2.05) is 0 Å². The summed E-state index contributed by atoms with van der Waals surface area (Å²) in [6.45, 7) is 4.47. The highest BCUT2D eigenvalue weighted by Gasteiger charge is 2.45. The molecule has 0 aromatic heterocycles. The maximum atomic E-state index is 5.88. The topological polar surface area (TPSA) is 47.7 Å². The number of nitrogens with zero attached hydrogens (tertiary/aromatic N) is 1. The van der Waals surface area contributed by atoms with Crippen LogP contribution in [0.25, 0.3) is 0 Å². The fraction of sp³-hybridized carbons (Fsp3) is 1.00. The molecule has 0 aromatic rings. The van der Waals surface area contributed by atoms with Gasteiger partial charge >= 0.3 is 0 Å². The molecule has 0 aromatic carbocycles. The van der Waals surface area contributed by atoms with E-state index in [1.54, 1.807) is 0 Å². The molecule has 14 heavy (non-hydrogen) atoms. The first-order valence-electron chi connectivity index (χ1n) is 5.37. The van der Waals surface area contributed by atoms with Gasteiger partial charge in [-0.15, -0.1) is 0 Å². The summed E-state index contributed by atoms with van der Waals surface area (Å²) in [5.74, 6) is -0.323. The van der Waals surface area contributed by atoms with Crippen molar-refractivity contribution in [3.05, 3.63) is 0 Å². The van der Waals surface area contributed by atoms with Gasteiger partial charge in [-0.2, -0.15) is 0 Å². The minimum Gasteiger partial charge on any atom is -0.347 e. The third-order valence-corrected chi connectivity index (χ3v) is 3.38. The van der Waals surface area contributed by atoms with Crippen molar-refractivity contribution in [1.29, 1.82) is 0 Å². The van der Waals surface area contributed by atoms with Gasteiger partial charge in [0, 0.05) is 32.0 Å². The van der Waals surface area contributed by atoms with Crippen molar-refractivity contribution in [3.8, 4) is 0 Å². The zero-order valence-corrected chi connectivity index (χ0v) is 9.03. The van der Waals surface area contributed by atoms with Crippen LogP contribution in [0.2, 0.25) is 0 Å². The third kappa shape index (κ3) is 1.80. The van der Waals surface area contributed by atoms with E-state index in [-0.39, 0.29) is 11.9 Å². The predicted octanol–water partition coefficient (Wildman–Crippen LogP) is 0.171. The molecule has 2 aliphatic rings. The Bertz CT molecular complexity index is 212. The molecule has 3 atom stereocenters.